The zero-order valence-electron chi connectivity index (χ0n) is 23.4. The Balaban J connectivity index is 1.33. The molecule has 3 amide bonds. The van der Waals surface area contributed by atoms with E-state index >= 15 is 0 Å². The Hall–Kier alpha value is -4.20. The van der Waals surface area contributed by atoms with Crippen LogP contribution in [0.1, 0.15) is 60.0 Å². The fourth-order valence-corrected chi connectivity index (χ4v) is 5.38. The Bertz CT molecular complexity index is 1370. The zero-order valence-corrected chi connectivity index (χ0v) is 23.4. The molecule has 2 aliphatic rings. The number of rotatable bonds is 9. The van der Waals surface area contributed by atoms with E-state index in [1.165, 1.54) is 12.1 Å². The number of benzene rings is 3. The molecule has 0 radical (unpaired) electrons. The Morgan fingerprint density at radius 3 is 2.39 bits per heavy atom. The number of nitrogens with zero attached hydrogens (tertiary/aromatic N) is 2. The SMILES string of the molecule is CCC(C(=O)N1CCCN(c2ccc(NC(=O)C3CC3)cc2C(=O)NCc2ccc(F)cc2)CC1)c1ccccc1. The lowest BCUT2D eigenvalue weighted by Gasteiger charge is -2.28. The molecule has 214 valence electrons. The van der Waals surface area contributed by atoms with E-state index in [0.717, 1.165) is 42.5 Å². The molecule has 0 spiro atoms. The molecule has 41 heavy (non-hydrogen) atoms. The molecular weight excluding hydrogens is 519 g/mol. The molecule has 8 heteroatoms. The standard InChI is InChI=1S/C33H37FN4O3/c1-2-28(24-7-4-3-5-8-24)33(41)38-18-6-17-37(19-20-38)30-16-15-27(36-31(39)25-11-12-25)21-29(30)32(40)35-22-23-9-13-26(34)14-10-23/h3-5,7-10,13-16,21,25,28H,2,6,11-12,17-20,22H2,1H3,(H,35,40)(H,36,39). The fourth-order valence-electron chi connectivity index (χ4n) is 5.38. The van der Waals surface area contributed by atoms with Crippen molar-refractivity contribution in [3.05, 3.63) is 95.3 Å². The van der Waals surface area contributed by atoms with Gasteiger partial charge in [-0.3, -0.25) is 14.4 Å². The van der Waals surface area contributed by atoms with Crippen molar-refractivity contribution in [2.75, 3.05) is 36.4 Å². The summed E-state index contributed by atoms with van der Waals surface area (Å²) in [6.07, 6.45) is 3.28. The summed E-state index contributed by atoms with van der Waals surface area (Å²) in [6.45, 7) is 4.78. The summed E-state index contributed by atoms with van der Waals surface area (Å²) < 4.78 is 13.3. The smallest absolute Gasteiger partial charge is 0.253 e. The van der Waals surface area contributed by atoms with Crippen LogP contribution in [0.4, 0.5) is 15.8 Å². The quantitative estimate of drug-likeness (QED) is 0.373. The number of carbonyl (C=O) groups excluding carboxylic acids is 3. The largest absolute Gasteiger partial charge is 0.369 e. The summed E-state index contributed by atoms with van der Waals surface area (Å²) in [5.74, 6) is -0.630. The van der Waals surface area contributed by atoms with E-state index in [1.54, 1.807) is 18.2 Å². The van der Waals surface area contributed by atoms with Gasteiger partial charge in [0.05, 0.1) is 11.5 Å². The van der Waals surface area contributed by atoms with E-state index in [0.29, 0.717) is 37.4 Å². The highest BCUT2D eigenvalue weighted by Crippen LogP contribution is 2.32. The van der Waals surface area contributed by atoms with Crippen molar-refractivity contribution < 1.29 is 18.8 Å². The van der Waals surface area contributed by atoms with Crippen molar-refractivity contribution in [2.24, 2.45) is 5.92 Å². The predicted molar refractivity (Wildman–Crippen MR) is 158 cm³/mol. The third kappa shape index (κ3) is 7.12. The summed E-state index contributed by atoms with van der Waals surface area (Å²) >= 11 is 0. The summed E-state index contributed by atoms with van der Waals surface area (Å²) in [6, 6.07) is 21.4. The maximum Gasteiger partial charge on any atom is 0.253 e. The van der Waals surface area contributed by atoms with E-state index in [1.807, 2.05) is 54.3 Å². The van der Waals surface area contributed by atoms with Crippen LogP contribution >= 0.6 is 0 Å². The van der Waals surface area contributed by atoms with E-state index in [4.69, 9.17) is 0 Å². The van der Waals surface area contributed by atoms with Gasteiger partial charge in [0.25, 0.3) is 5.91 Å². The van der Waals surface area contributed by atoms with Crippen molar-refractivity contribution in [3.8, 4) is 0 Å². The first-order valence-electron chi connectivity index (χ1n) is 14.5. The van der Waals surface area contributed by atoms with Crippen LogP contribution in [0.15, 0.2) is 72.8 Å². The first-order chi connectivity index (χ1) is 19.9. The summed E-state index contributed by atoms with van der Waals surface area (Å²) in [7, 11) is 0. The van der Waals surface area contributed by atoms with Gasteiger partial charge in [-0.2, -0.15) is 0 Å². The Morgan fingerprint density at radius 2 is 1.68 bits per heavy atom. The van der Waals surface area contributed by atoms with Crippen LogP contribution in [0.2, 0.25) is 0 Å². The normalized spacial score (nSPS) is 16.0. The van der Waals surface area contributed by atoms with Gasteiger partial charge < -0.3 is 20.4 Å². The lowest BCUT2D eigenvalue weighted by molar-refractivity contribution is -0.132. The molecule has 2 N–H and O–H groups in total. The first-order valence-corrected chi connectivity index (χ1v) is 14.5. The van der Waals surface area contributed by atoms with Gasteiger partial charge in [-0.1, -0.05) is 49.4 Å². The van der Waals surface area contributed by atoms with Gasteiger partial charge in [0, 0.05) is 50.0 Å². The van der Waals surface area contributed by atoms with Crippen LogP contribution in [0, 0.1) is 11.7 Å². The minimum atomic E-state index is -0.329. The lowest BCUT2D eigenvalue weighted by Crippen LogP contribution is -2.38. The first kappa shape index (κ1) is 28.3. The second kappa shape index (κ2) is 13.0. The van der Waals surface area contributed by atoms with Crippen LogP contribution in [0.5, 0.6) is 0 Å². The average molecular weight is 557 g/mol. The van der Waals surface area contributed by atoms with Crippen molar-refractivity contribution in [2.45, 2.75) is 45.1 Å². The van der Waals surface area contributed by atoms with Crippen LogP contribution in [-0.4, -0.2) is 48.8 Å². The Morgan fingerprint density at radius 1 is 0.927 bits per heavy atom. The second-order valence-electron chi connectivity index (χ2n) is 10.8. The molecule has 1 heterocycles. The van der Waals surface area contributed by atoms with Crippen molar-refractivity contribution in [1.82, 2.24) is 10.2 Å². The molecule has 1 saturated carbocycles. The van der Waals surface area contributed by atoms with Gasteiger partial charge in [0.1, 0.15) is 5.82 Å². The fraction of sp³-hybridized carbons (Fsp3) is 0.364. The van der Waals surface area contributed by atoms with Gasteiger partial charge >= 0.3 is 0 Å². The van der Waals surface area contributed by atoms with Crippen LogP contribution < -0.4 is 15.5 Å². The number of hydrogen-bond acceptors (Lipinski definition) is 4. The summed E-state index contributed by atoms with van der Waals surface area (Å²) in [5, 5.41) is 5.89. The highest BCUT2D eigenvalue weighted by Gasteiger charge is 2.30. The number of nitrogens with one attached hydrogen (secondary N) is 2. The number of anilines is 2. The maximum absolute atomic E-state index is 13.5. The van der Waals surface area contributed by atoms with Gasteiger partial charge in [-0.25, -0.2) is 4.39 Å². The number of hydrogen-bond donors (Lipinski definition) is 2. The van der Waals surface area contributed by atoms with E-state index in [2.05, 4.69) is 15.5 Å². The van der Waals surface area contributed by atoms with Crippen LogP contribution in [0.3, 0.4) is 0 Å². The molecule has 1 unspecified atom stereocenters. The molecule has 1 saturated heterocycles. The molecule has 1 atom stereocenters. The molecule has 1 aliphatic heterocycles. The minimum Gasteiger partial charge on any atom is -0.369 e. The molecule has 0 bridgehead atoms. The van der Waals surface area contributed by atoms with Crippen molar-refractivity contribution >= 4 is 29.1 Å². The molecule has 5 rings (SSSR count). The topological polar surface area (TPSA) is 81.8 Å². The summed E-state index contributed by atoms with van der Waals surface area (Å²) in [4.78, 5) is 43.5. The molecular formula is C33H37FN4O3. The van der Waals surface area contributed by atoms with Gasteiger partial charge in [0.2, 0.25) is 11.8 Å². The average Bonchev–Trinajstić information content (AvgIpc) is 3.86. The molecule has 0 aromatic heterocycles. The zero-order chi connectivity index (χ0) is 28.8. The second-order valence-corrected chi connectivity index (χ2v) is 10.8. The van der Waals surface area contributed by atoms with Gasteiger partial charge in [-0.15, -0.1) is 0 Å². The van der Waals surface area contributed by atoms with Gasteiger partial charge in [0.15, 0.2) is 0 Å². The molecule has 7 nitrogen and oxygen atoms in total. The predicted octanol–water partition coefficient (Wildman–Crippen LogP) is 5.34. The van der Waals surface area contributed by atoms with Crippen molar-refractivity contribution in [3.63, 3.8) is 0 Å². The van der Waals surface area contributed by atoms with E-state index < -0.39 is 0 Å². The number of carbonyl (C=O) groups is 3. The summed E-state index contributed by atoms with van der Waals surface area (Å²) in [5.41, 5.74) is 3.61. The molecule has 1 aliphatic carbocycles. The highest BCUT2D eigenvalue weighted by molar-refractivity contribution is 6.02. The van der Waals surface area contributed by atoms with E-state index in [9.17, 15) is 18.8 Å². The van der Waals surface area contributed by atoms with Crippen molar-refractivity contribution in [1.29, 1.82) is 0 Å². The Labute approximate surface area is 240 Å². The van der Waals surface area contributed by atoms with E-state index in [-0.39, 0.29) is 41.9 Å². The highest BCUT2D eigenvalue weighted by atomic mass is 19.1. The maximum atomic E-state index is 13.5. The molecule has 2 fully saturated rings. The van der Waals surface area contributed by atoms with Gasteiger partial charge in [-0.05, 0) is 67.1 Å². The Kier molecular flexibility index (Phi) is 8.97. The number of halogens is 1. The molecule has 3 aromatic rings. The monoisotopic (exact) mass is 556 g/mol. The lowest BCUT2D eigenvalue weighted by atomic mass is 9.95. The third-order valence-electron chi connectivity index (χ3n) is 7.88. The van der Waals surface area contributed by atoms with Crippen LogP contribution in [0.25, 0.3) is 0 Å². The van der Waals surface area contributed by atoms with Crippen LogP contribution in [-0.2, 0) is 16.1 Å². The third-order valence-corrected chi connectivity index (χ3v) is 7.88. The minimum absolute atomic E-state index is 0.0248. The number of amides is 3. The molecule has 3 aromatic carbocycles.